The SMILES string of the molecule is CC(C)(C)CC(Nc1cccc(F)c1)c1ccccc1. The first kappa shape index (κ1) is 14.6. The highest BCUT2D eigenvalue weighted by atomic mass is 19.1. The van der Waals surface area contributed by atoms with Crippen molar-refractivity contribution in [2.45, 2.75) is 33.2 Å². The van der Waals surface area contributed by atoms with Gasteiger partial charge in [-0.2, -0.15) is 0 Å². The van der Waals surface area contributed by atoms with Crippen LogP contribution in [0.4, 0.5) is 10.1 Å². The minimum atomic E-state index is -0.211. The number of rotatable bonds is 4. The van der Waals surface area contributed by atoms with Crippen molar-refractivity contribution >= 4 is 5.69 Å². The van der Waals surface area contributed by atoms with Crippen molar-refractivity contribution in [1.29, 1.82) is 0 Å². The lowest BCUT2D eigenvalue weighted by molar-refractivity contribution is 0.352. The molecule has 0 bridgehead atoms. The van der Waals surface area contributed by atoms with E-state index in [1.54, 1.807) is 12.1 Å². The van der Waals surface area contributed by atoms with Gasteiger partial charge in [-0.15, -0.1) is 0 Å². The number of anilines is 1. The molecule has 0 saturated carbocycles. The van der Waals surface area contributed by atoms with E-state index in [0.717, 1.165) is 12.1 Å². The second-order valence-corrected chi connectivity index (χ2v) is 6.38. The van der Waals surface area contributed by atoms with Gasteiger partial charge in [-0.05, 0) is 35.6 Å². The van der Waals surface area contributed by atoms with E-state index in [9.17, 15) is 4.39 Å². The Morgan fingerprint density at radius 1 is 1.00 bits per heavy atom. The Bertz CT molecular complexity index is 543. The lowest BCUT2D eigenvalue weighted by Crippen LogP contribution is -2.18. The van der Waals surface area contributed by atoms with Crippen LogP contribution in [0.5, 0.6) is 0 Å². The van der Waals surface area contributed by atoms with Gasteiger partial charge in [0.15, 0.2) is 0 Å². The van der Waals surface area contributed by atoms with Gasteiger partial charge in [0.25, 0.3) is 0 Å². The molecule has 2 heteroatoms. The highest BCUT2D eigenvalue weighted by molar-refractivity contribution is 5.45. The third kappa shape index (κ3) is 4.37. The standard InChI is InChI=1S/C18H22FN/c1-18(2,3)13-17(14-8-5-4-6-9-14)20-16-11-7-10-15(19)12-16/h4-12,17,20H,13H2,1-3H3. The van der Waals surface area contributed by atoms with E-state index in [4.69, 9.17) is 0 Å². The molecule has 0 amide bonds. The van der Waals surface area contributed by atoms with Crippen molar-refractivity contribution in [2.75, 3.05) is 5.32 Å². The summed E-state index contributed by atoms with van der Waals surface area (Å²) in [5.41, 5.74) is 2.25. The summed E-state index contributed by atoms with van der Waals surface area (Å²) in [5, 5.41) is 3.45. The van der Waals surface area contributed by atoms with Crippen molar-refractivity contribution < 1.29 is 4.39 Å². The van der Waals surface area contributed by atoms with Crippen LogP contribution in [0, 0.1) is 11.2 Å². The lowest BCUT2D eigenvalue weighted by atomic mass is 9.85. The maximum absolute atomic E-state index is 13.3. The summed E-state index contributed by atoms with van der Waals surface area (Å²) in [5.74, 6) is -0.211. The third-order valence-corrected chi connectivity index (χ3v) is 3.18. The van der Waals surface area contributed by atoms with Gasteiger partial charge >= 0.3 is 0 Å². The molecule has 0 fully saturated rings. The number of benzene rings is 2. The summed E-state index contributed by atoms with van der Waals surface area (Å²) in [7, 11) is 0. The number of nitrogens with one attached hydrogen (secondary N) is 1. The molecule has 0 aliphatic heterocycles. The Labute approximate surface area is 120 Å². The normalized spacial score (nSPS) is 13.0. The van der Waals surface area contributed by atoms with Crippen LogP contribution in [0.25, 0.3) is 0 Å². The Kier molecular flexibility index (Phi) is 4.43. The molecule has 2 rings (SSSR count). The molecule has 0 spiro atoms. The molecule has 0 radical (unpaired) electrons. The maximum Gasteiger partial charge on any atom is 0.125 e. The van der Waals surface area contributed by atoms with E-state index in [0.29, 0.717) is 0 Å². The molecule has 0 heterocycles. The van der Waals surface area contributed by atoms with Gasteiger partial charge in [0, 0.05) is 5.69 Å². The van der Waals surface area contributed by atoms with Crippen molar-refractivity contribution in [3.05, 3.63) is 66.0 Å². The molecule has 1 nitrogen and oxygen atoms in total. The van der Waals surface area contributed by atoms with Crippen LogP contribution < -0.4 is 5.32 Å². The van der Waals surface area contributed by atoms with Gasteiger partial charge in [-0.1, -0.05) is 57.2 Å². The van der Waals surface area contributed by atoms with Crippen LogP contribution in [0.2, 0.25) is 0 Å². The van der Waals surface area contributed by atoms with Crippen molar-refractivity contribution in [2.24, 2.45) is 5.41 Å². The summed E-state index contributed by atoms with van der Waals surface area (Å²) >= 11 is 0. The molecule has 1 unspecified atom stereocenters. The molecule has 2 aromatic rings. The van der Waals surface area contributed by atoms with Crippen LogP contribution in [0.1, 0.15) is 38.8 Å². The Morgan fingerprint density at radius 2 is 1.70 bits per heavy atom. The first-order chi connectivity index (χ1) is 9.44. The van der Waals surface area contributed by atoms with Crippen molar-refractivity contribution in [3.63, 3.8) is 0 Å². The molecule has 106 valence electrons. The van der Waals surface area contributed by atoms with Gasteiger partial charge in [0.2, 0.25) is 0 Å². The minimum Gasteiger partial charge on any atom is -0.378 e. The highest BCUT2D eigenvalue weighted by Gasteiger charge is 2.20. The van der Waals surface area contributed by atoms with Gasteiger partial charge in [-0.3, -0.25) is 0 Å². The second kappa shape index (κ2) is 6.08. The smallest absolute Gasteiger partial charge is 0.125 e. The molecule has 1 N–H and O–H groups in total. The molecule has 0 aliphatic rings. The van der Waals surface area contributed by atoms with Gasteiger partial charge in [0.1, 0.15) is 5.82 Å². The van der Waals surface area contributed by atoms with Gasteiger partial charge in [-0.25, -0.2) is 4.39 Å². The Hall–Kier alpha value is -1.83. The molecule has 0 aromatic heterocycles. The molecular weight excluding hydrogens is 249 g/mol. The molecule has 20 heavy (non-hydrogen) atoms. The van der Waals surface area contributed by atoms with Crippen LogP contribution in [-0.2, 0) is 0 Å². The average molecular weight is 271 g/mol. The third-order valence-electron chi connectivity index (χ3n) is 3.18. The van der Waals surface area contributed by atoms with Crippen molar-refractivity contribution in [3.8, 4) is 0 Å². The largest absolute Gasteiger partial charge is 0.378 e. The van der Waals surface area contributed by atoms with Crippen molar-refractivity contribution in [1.82, 2.24) is 0 Å². The fraction of sp³-hybridized carbons (Fsp3) is 0.333. The maximum atomic E-state index is 13.3. The monoisotopic (exact) mass is 271 g/mol. The number of halogens is 1. The fourth-order valence-electron chi connectivity index (χ4n) is 2.33. The zero-order chi connectivity index (χ0) is 14.6. The van der Waals surface area contributed by atoms with Gasteiger partial charge < -0.3 is 5.32 Å². The summed E-state index contributed by atoms with van der Waals surface area (Å²) in [4.78, 5) is 0. The van der Waals surface area contributed by atoms with E-state index in [-0.39, 0.29) is 17.3 Å². The Balaban J connectivity index is 2.23. The van der Waals surface area contributed by atoms with Crippen LogP contribution in [-0.4, -0.2) is 0 Å². The van der Waals surface area contributed by atoms with E-state index < -0.39 is 0 Å². The summed E-state index contributed by atoms with van der Waals surface area (Å²) in [6, 6.07) is 17.1. The summed E-state index contributed by atoms with van der Waals surface area (Å²) in [6.07, 6.45) is 0.980. The Morgan fingerprint density at radius 3 is 2.30 bits per heavy atom. The number of hydrogen-bond donors (Lipinski definition) is 1. The minimum absolute atomic E-state index is 0.179. The van der Waals surface area contributed by atoms with E-state index in [2.05, 4.69) is 38.2 Å². The second-order valence-electron chi connectivity index (χ2n) is 6.38. The van der Waals surface area contributed by atoms with Crippen LogP contribution >= 0.6 is 0 Å². The molecule has 2 aromatic carbocycles. The molecular formula is C18H22FN. The molecule has 0 saturated heterocycles. The zero-order valence-corrected chi connectivity index (χ0v) is 12.4. The van der Waals surface area contributed by atoms with Crippen LogP contribution in [0.15, 0.2) is 54.6 Å². The zero-order valence-electron chi connectivity index (χ0n) is 12.4. The predicted octanol–water partition coefficient (Wildman–Crippen LogP) is 5.42. The fourth-order valence-corrected chi connectivity index (χ4v) is 2.33. The van der Waals surface area contributed by atoms with E-state index >= 15 is 0 Å². The quantitative estimate of drug-likeness (QED) is 0.783. The summed E-state index contributed by atoms with van der Waals surface area (Å²) < 4.78 is 13.3. The summed E-state index contributed by atoms with van der Waals surface area (Å²) in [6.45, 7) is 6.66. The van der Waals surface area contributed by atoms with Crippen LogP contribution in [0.3, 0.4) is 0 Å². The van der Waals surface area contributed by atoms with E-state index in [1.807, 2.05) is 24.3 Å². The number of hydrogen-bond acceptors (Lipinski definition) is 1. The topological polar surface area (TPSA) is 12.0 Å². The van der Waals surface area contributed by atoms with Gasteiger partial charge in [0.05, 0.1) is 6.04 Å². The van der Waals surface area contributed by atoms with E-state index in [1.165, 1.54) is 11.6 Å². The predicted molar refractivity (Wildman–Crippen MR) is 83.3 cm³/mol. The molecule has 1 atom stereocenters. The first-order valence-electron chi connectivity index (χ1n) is 7.01. The average Bonchev–Trinajstić information content (AvgIpc) is 2.37. The highest BCUT2D eigenvalue weighted by Crippen LogP contribution is 2.32. The first-order valence-corrected chi connectivity index (χ1v) is 7.01. The lowest BCUT2D eigenvalue weighted by Gasteiger charge is -2.28. The molecule has 0 aliphatic carbocycles.